The first kappa shape index (κ1) is 16.2. The Morgan fingerprint density at radius 2 is 2.12 bits per heavy atom. The third kappa shape index (κ3) is 3.82. The van der Waals surface area contributed by atoms with Gasteiger partial charge in [0, 0.05) is 31.4 Å². The molecule has 0 radical (unpaired) electrons. The Hall–Kier alpha value is -2.63. The fourth-order valence-electron chi connectivity index (χ4n) is 2.60. The van der Waals surface area contributed by atoms with Crippen molar-refractivity contribution in [1.29, 1.82) is 0 Å². The van der Waals surface area contributed by atoms with E-state index in [0.717, 1.165) is 24.1 Å². The number of aromatic nitrogens is 2. The van der Waals surface area contributed by atoms with Crippen molar-refractivity contribution in [3.8, 4) is 0 Å². The van der Waals surface area contributed by atoms with Crippen molar-refractivity contribution < 1.29 is 9.59 Å². The van der Waals surface area contributed by atoms with E-state index in [9.17, 15) is 9.59 Å². The molecule has 1 aromatic heterocycles. The van der Waals surface area contributed by atoms with Crippen LogP contribution in [0.15, 0.2) is 36.5 Å². The monoisotopic (exact) mass is 326 g/mol. The number of rotatable bonds is 6. The summed E-state index contributed by atoms with van der Waals surface area (Å²) in [4.78, 5) is 24.4. The highest BCUT2D eigenvalue weighted by Crippen LogP contribution is 2.19. The molecule has 6 nitrogen and oxygen atoms in total. The lowest BCUT2D eigenvalue weighted by atomic mass is 10.1. The molecule has 0 bridgehead atoms. The van der Waals surface area contributed by atoms with Crippen LogP contribution in [-0.4, -0.2) is 27.6 Å². The summed E-state index contributed by atoms with van der Waals surface area (Å²) < 4.78 is 1.70. The average molecular weight is 326 g/mol. The maximum absolute atomic E-state index is 12.3. The van der Waals surface area contributed by atoms with E-state index in [1.807, 2.05) is 38.2 Å². The predicted octanol–water partition coefficient (Wildman–Crippen LogP) is 1.73. The van der Waals surface area contributed by atoms with Gasteiger partial charge < -0.3 is 10.6 Å². The number of hydrogen-bond acceptors (Lipinski definition) is 3. The molecule has 2 aromatic rings. The summed E-state index contributed by atoms with van der Waals surface area (Å²) in [7, 11) is 1.82. The van der Waals surface area contributed by atoms with Crippen LogP contribution in [0.3, 0.4) is 0 Å². The van der Waals surface area contributed by atoms with Crippen molar-refractivity contribution in [3.63, 3.8) is 0 Å². The van der Waals surface area contributed by atoms with Crippen molar-refractivity contribution in [2.75, 3.05) is 0 Å². The molecule has 24 heavy (non-hydrogen) atoms. The van der Waals surface area contributed by atoms with Crippen molar-refractivity contribution in [3.05, 3.63) is 53.3 Å². The molecular formula is C18H22N4O2. The first-order chi connectivity index (χ1) is 11.5. The van der Waals surface area contributed by atoms with E-state index in [1.54, 1.807) is 16.9 Å². The molecule has 0 spiro atoms. The summed E-state index contributed by atoms with van der Waals surface area (Å²) >= 11 is 0. The first-order valence-electron chi connectivity index (χ1n) is 8.20. The second-order valence-electron chi connectivity index (χ2n) is 6.27. The van der Waals surface area contributed by atoms with Gasteiger partial charge in [0.05, 0.1) is 11.6 Å². The zero-order valence-corrected chi connectivity index (χ0v) is 14.0. The third-order valence-corrected chi connectivity index (χ3v) is 4.26. The fourth-order valence-corrected chi connectivity index (χ4v) is 2.60. The summed E-state index contributed by atoms with van der Waals surface area (Å²) in [5.41, 5.74) is 2.40. The molecule has 0 unspecified atom stereocenters. The van der Waals surface area contributed by atoms with Gasteiger partial charge >= 0.3 is 0 Å². The Morgan fingerprint density at radius 3 is 2.79 bits per heavy atom. The van der Waals surface area contributed by atoms with Crippen molar-refractivity contribution >= 4 is 11.8 Å². The lowest BCUT2D eigenvalue weighted by molar-refractivity contribution is -0.122. The number of carbonyl (C=O) groups excluding carboxylic acids is 2. The van der Waals surface area contributed by atoms with Gasteiger partial charge in [0.25, 0.3) is 5.91 Å². The molecule has 1 heterocycles. The van der Waals surface area contributed by atoms with Crippen molar-refractivity contribution in [2.45, 2.75) is 38.3 Å². The number of hydrogen-bond donors (Lipinski definition) is 2. The van der Waals surface area contributed by atoms with Crippen LogP contribution >= 0.6 is 0 Å². The quantitative estimate of drug-likeness (QED) is 0.849. The van der Waals surface area contributed by atoms with Crippen LogP contribution in [0, 0.1) is 0 Å². The second kappa shape index (κ2) is 6.86. The Balaban J connectivity index is 1.58. The van der Waals surface area contributed by atoms with Gasteiger partial charge in [-0.2, -0.15) is 5.10 Å². The van der Waals surface area contributed by atoms with E-state index in [0.29, 0.717) is 18.2 Å². The van der Waals surface area contributed by atoms with Gasteiger partial charge in [0.15, 0.2) is 0 Å². The van der Waals surface area contributed by atoms with Crippen LogP contribution in [0.4, 0.5) is 0 Å². The molecule has 1 aliphatic carbocycles. The van der Waals surface area contributed by atoms with Crippen LogP contribution < -0.4 is 10.6 Å². The highest BCUT2D eigenvalue weighted by Gasteiger charge is 2.24. The number of nitrogens with one attached hydrogen (secondary N) is 2. The minimum Gasteiger partial charge on any atom is -0.351 e. The number of aryl methyl sites for hydroxylation is 1. The molecule has 2 amide bonds. The number of amides is 2. The smallest absolute Gasteiger partial charge is 0.251 e. The lowest BCUT2D eigenvalue weighted by Crippen LogP contribution is -2.29. The van der Waals surface area contributed by atoms with Crippen LogP contribution in [0.2, 0.25) is 0 Å². The Morgan fingerprint density at radius 1 is 1.33 bits per heavy atom. The summed E-state index contributed by atoms with van der Waals surface area (Å²) in [6, 6.07) is 9.54. The van der Waals surface area contributed by atoms with E-state index in [-0.39, 0.29) is 17.7 Å². The fraction of sp³-hybridized carbons (Fsp3) is 0.389. The second-order valence-corrected chi connectivity index (χ2v) is 6.27. The van der Waals surface area contributed by atoms with E-state index in [4.69, 9.17) is 0 Å². The zero-order valence-electron chi connectivity index (χ0n) is 14.0. The van der Waals surface area contributed by atoms with E-state index in [2.05, 4.69) is 15.7 Å². The number of benzene rings is 1. The van der Waals surface area contributed by atoms with Crippen LogP contribution in [0.25, 0.3) is 0 Å². The van der Waals surface area contributed by atoms with Gasteiger partial charge in [-0.3, -0.25) is 14.3 Å². The average Bonchev–Trinajstić information content (AvgIpc) is 3.30. The Bertz CT molecular complexity index is 749. The van der Waals surface area contributed by atoms with Gasteiger partial charge in [-0.05, 0) is 43.5 Å². The maximum Gasteiger partial charge on any atom is 0.251 e. The number of carbonyl (C=O) groups is 2. The molecule has 0 aliphatic heterocycles. The molecule has 1 atom stereocenters. The molecular weight excluding hydrogens is 304 g/mol. The SMILES string of the molecule is C[C@@H](C(=O)NCc1cccc(C(=O)NC2CC2)c1)c1ccnn1C. The van der Waals surface area contributed by atoms with E-state index in [1.165, 1.54) is 0 Å². The van der Waals surface area contributed by atoms with Gasteiger partial charge in [0.1, 0.15) is 0 Å². The maximum atomic E-state index is 12.3. The summed E-state index contributed by atoms with van der Waals surface area (Å²) in [5, 5.41) is 9.98. The first-order valence-corrected chi connectivity index (χ1v) is 8.20. The summed E-state index contributed by atoms with van der Waals surface area (Å²) in [6.07, 6.45) is 3.81. The zero-order chi connectivity index (χ0) is 17.1. The van der Waals surface area contributed by atoms with Gasteiger partial charge in [-0.25, -0.2) is 0 Å². The molecule has 1 saturated carbocycles. The molecule has 1 aliphatic rings. The normalized spacial score (nSPS) is 14.9. The molecule has 1 aromatic carbocycles. The highest BCUT2D eigenvalue weighted by atomic mass is 16.2. The number of nitrogens with zero attached hydrogens (tertiary/aromatic N) is 2. The van der Waals surface area contributed by atoms with Gasteiger partial charge in [-0.1, -0.05) is 12.1 Å². The topological polar surface area (TPSA) is 76.0 Å². The molecule has 3 rings (SSSR count). The van der Waals surface area contributed by atoms with E-state index >= 15 is 0 Å². The molecule has 1 fully saturated rings. The standard InChI is InChI=1S/C18H22N4O2/c1-12(16-8-9-20-22(16)2)17(23)19-11-13-4-3-5-14(10-13)18(24)21-15-6-7-15/h3-5,8-10,12,15H,6-7,11H2,1-2H3,(H,19,23)(H,21,24)/t12-/m1/s1. The molecule has 2 N–H and O–H groups in total. The largest absolute Gasteiger partial charge is 0.351 e. The third-order valence-electron chi connectivity index (χ3n) is 4.26. The summed E-state index contributed by atoms with van der Waals surface area (Å²) in [6.45, 7) is 2.25. The summed E-state index contributed by atoms with van der Waals surface area (Å²) in [5.74, 6) is -0.390. The van der Waals surface area contributed by atoms with Crippen LogP contribution in [-0.2, 0) is 18.4 Å². The van der Waals surface area contributed by atoms with E-state index < -0.39 is 0 Å². The molecule has 6 heteroatoms. The van der Waals surface area contributed by atoms with Gasteiger partial charge in [-0.15, -0.1) is 0 Å². The Labute approximate surface area is 141 Å². The van der Waals surface area contributed by atoms with Gasteiger partial charge in [0.2, 0.25) is 5.91 Å². The molecule has 0 saturated heterocycles. The lowest BCUT2D eigenvalue weighted by Gasteiger charge is -2.13. The van der Waals surface area contributed by atoms with Crippen molar-refractivity contribution in [1.82, 2.24) is 20.4 Å². The minimum absolute atomic E-state index is 0.0473. The van der Waals surface area contributed by atoms with Crippen LogP contribution in [0.5, 0.6) is 0 Å². The van der Waals surface area contributed by atoms with Crippen LogP contribution in [0.1, 0.15) is 47.3 Å². The molecule has 126 valence electrons. The Kier molecular flexibility index (Phi) is 4.64. The predicted molar refractivity (Wildman–Crippen MR) is 90.4 cm³/mol. The van der Waals surface area contributed by atoms with Crippen molar-refractivity contribution in [2.24, 2.45) is 7.05 Å². The highest BCUT2D eigenvalue weighted by molar-refractivity contribution is 5.94. The minimum atomic E-state index is -0.279.